The zero-order valence-corrected chi connectivity index (χ0v) is 14.0. The number of hydrogen-bond donors (Lipinski definition) is 1. The first kappa shape index (κ1) is 15.8. The summed E-state index contributed by atoms with van der Waals surface area (Å²) in [6, 6.07) is 12.3. The molecule has 0 aliphatic heterocycles. The van der Waals surface area contributed by atoms with Crippen LogP contribution in [-0.2, 0) is 4.79 Å². The second-order valence-corrected chi connectivity index (χ2v) is 6.59. The Morgan fingerprint density at radius 1 is 1.19 bits per heavy atom. The molecule has 0 amide bonds. The van der Waals surface area contributed by atoms with Gasteiger partial charge in [-0.2, -0.15) is 0 Å². The number of aldehydes is 1. The number of ketones is 1. The van der Waals surface area contributed by atoms with Crippen LogP contribution >= 0.6 is 32.3 Å². The number of Topliss-reactive ketones (excluding diaryl/α,β-unsaturated/α-hetero) is 1. The Hall–Kier alpha value is -1.57. The summed E-state index contributed by atoms with van der Waals surface area (Å²) in [7, 11) is 0. The van der Waals surface area contributed by atoms with Gasteiger partial charge in [0.25, 0.3) is 0 Å². The van der Waals surface area contributed by atoms with E-state index in [1.165, 1.54) is 3.06 Å². The van der Waals surface area contributed by atoms with Crippen molar-refractivity contribution in [2.45, 2.75) is 5.92 Å². The number of benzene rings is 1. The van der Waals surface area contributed by atoms with Gasteiger partial charge in [0.1, 0.15) is 12.2 Å². The molecule has 0 aliphatic carbocycles. The van der Waals surface area contributed by atoms with Gasteiger partial charge in [-0.05, 0) is 9.13 Å². The van der Waals surface area contributed by atoms with E-state index in [-0.39, 0.29) is 5.78 Å². The molecule has 0 saturated heterocycles. The summed E-state index contributed by atoms with van der Waals surface area (Å²) in [5.74, 6) is -1.06. The molecule has 0 saturated carbocycles. The van der Waals surface area contributed by atoms with Crippen molar-refractivity contribution in [2.75, 3.05) is 5.53 Å². The standard InChI is InChI=1S/C14H12Br2N3O2/c15-19(16)17-18-8-4-7-12(9-18)13(10-20)14(21)11-5-2-1-3-6-11/h1-10,13,17H/q+1. The van der Waals surface area contributed by atoms with E-state index in [9.17, 15) is 9.59 Å². The Morgan fingerprint density at radius 3 is 2.52 bits per heavy atom. The van der Waals surface area contributed by atoms with E-state index in [0.717, 1.165) is 0 Å². The number of pyridine rings is 1. The molecule has 1 unspecified atom stereocenters. The normalized spacial score (nSPS) is 12.0. The minimum absolute atomic E-state index is 0.224. The van der Waals surface area contributed by atoms with Crippen LogP contribution in [0, 0.1) is 0 Å². The monoisotopic (exact) mass is 412 g/mol. The molecule has 0 fully saturated rings. The molecule has 0 bridgehead atoms. The Bertz CT molecular complexity index is 635. The molecule has 0 spiro atoms. The fourth-order valence-corrected chi connectivity index (χ4v) is 2.27. The molecule has 2 aromatic rings. The maximum absolute atomic E-state index is 12.4. The highest BCUT2D eigenvalue weighted by molar-refractivity contribution is 9.21. The lowest BCUT2D eigenvalue weighted by Crippen LogP contribution is -2.47. The third-order valence-electron chi connectivity index (χ3n) is 2.85. The molecule has 1 N–H and O–H groups in total. The molecular formula is C14H12Br2N3O2+. The third kappa shape index (κ3) is 4.20. The lowest BCUT2D eigenvalue weighted by atomic mass is 9.93. The third-order valence-corrected chi connectivity index (χ3v) is 3.17. The van der Waals surface area contributed by atoms with Crippen molar-refractivity contribution in [3.8, 4) is 0 Å². The molecule has 0 aliphatic rings. The summed E-state index contributed by atoms with van der Waals surface area (Å²) < 4.78 is 2.99. The van der Waals surface area contributed by atoms with Gasteiger partial charge >= 0.3 is 0 Å². The highest BCUT2D eigenvalue weighted by atomic mass is 79.9. The minimum Gasteiger partial charge on any atom is -0.302 e. The summed E-state index contributed by atoms with van der Waals surface area (Å²) in [6.07, 6.45) is 4.08. The number of hydrazine groups is 1. The fourth-order valence-electron chi connectivity index (χ4n) is 1.90. The van der Waals surface area contributed by atoms with Gasteiger partial charge in [-0.1, -0.05) is 40.5 Å². The van der Waals surface area contributed by atoms with E-state index in [1.807, 2.05) is 6.07 Å². The Labute approximate surface area is 139 Å². The van der Waals surface area contributed by atoms with Gasteiger partial charge in [0.05, 0.1) is 32.3 Å². The highest BCUT2D eigenvalue weighted by Crippen LogP contribution is 2.17. The minimum atomic E-state index is -0.833. The average Bonchev–Trinajstić information content (AvgIpc) is 2.48. The number of carbonyl (C=O) groups excluding carboxylic acids is 2. The molecule has 1 atom stereocenters. The second kappa shape index (κ2) is 7.44. The van der Waals surface area contributed by atoms with E-state index in [0.29, 0.717) is 17.4 Å². The van der Waals surface area contributed by atoms with Gasteiger partial charge < -0.3 is 4.79 Å². The highest BCUT2D eigenvalue weighted by Gasteiger charge is 2.23. The predicted octanol–water partition coefficient (Wildman–Crippen LogP) is 2.52. The molecule has 1 aromatic heterocycles. The molecule has 1 heterocycles. The van der Waals surface area contributed by atoms with Crippen LogP contribution in [0.4, 0.5) is 0 Å². The maximum Gasteiger partial charge on any atom is 0.205 e. The van der Waals surface area contributed by atoms with Crippen molar-refractivity contribution >= 4 is 44.4 Å². The van der Waals surface area contributed by atoms with Crippen LogP contribution in [0.15, 0.2) is 54.9 Å². The van der Waals surface area contributed by atoms with E-state index in [1.54, 1.807) is 53.5 Å². The van der Waals surface area contributed by atoms with Crippen molar-refractivity contribution in [2.24, 2.45) is 0 Å². The number of nitrogens with one attached hydrogen (secondary N) is 1. The predicted molar refractivity (Wildman–Crippen MR) is 85.3 cm³/mol. The van der Waals surface area contributed by atoms with Crippen molar-refractivity contribution in [1.82, 2.24) is 3.06 Å². The zero-order chi connectivity index (χ0) is 15.2. The van der Waals surface area contributed by atoms with Gasteiger partial charge in [0.15, 0.2) is 5.78 Å². The van der Waals surface area contributed by atoms with Crippen LogP contribution in [0.1, 0.15) is 21.8 Å². The topological polar surface area (TPSA) is 53.3 Å². The van der Waals surface area contributed by atoms with Crippen LogP contribution in [0.3, 0.4) is 0 Å². The van der Waals surface area contributed by atoms with Crippen molar-refractivity contribution in [3.63, 3.8) is 0 Å². The molecule has 2 rings (SSSR count). The lowest BCUT2D eigenvalue weighted by Gasteiger charge is -2.09. The van der Waals surface area contributed by atoms with Crippen LogP contribution in [-0.4, -0.2) is 15.1 Å². The molecule has 1 aromatic carbocycles. The van der Waals surface area contributed by atoms with Crippen LogP contribution in [0.5, 0.6) is 0 Å². The number of rotatable bonds is 6. The molecule has 7 heteroatoms. The van der Waals surface area contributed by atoms with E-state index in [2.05, 4.69) is 37.8 Å². The summed E-state index contributed by atoms with van der Waals surface area (Å²) in [5, 5.41) is 0. The fraction of sp³-hybridized carbons (Fsp3) is 0.0714. The van der Waals surface area contributed by atoms with Crippen LogP contribution in [0.25, 0.3) is 0 Å². The van der Waals surface area contributed by atoms with Gasteiger partial charge in [-0.25, -0.2) is 0 Å². The largest absolute Gasteiger partial charge is 0.302 e. The van der Waals surface area contributed by atoms with Gasteiger partial charge in [-0.15, -0.1) is 0 Å². The van der Waals surface area contributed by atoms with E-state index >= 15 is 0 Å². The average molecular weight is 414 g/mol. The Balaban J connectivity index is 2.29. The number of carbonyl (C=O) groups is 2. The summed E-state index contributed by atoms with van der Waals surface area (Å²) in [4.78, 5) is 23.8. The SMILES string of the molecule is O=CC(C(=O)c1ccccc1)c1ccc[n+](NN(Br)Br)c1. The molecular weight excluding hydrogens is 402 g/mol. The zero-order valence-electron chi connectivity index (χ0n) is 10.8. The molecule has 108 valence electrons. The Kier molecular flexibility index (Phi) is 5.60. The van der Waals surface area contributed by atoms with Gasteiger partial charge in [0.2, 0.25) is 12.4 Å². The second-order valence-electron chi connectivity index (χ2n) is 4.22. The number of hydrogen-bond acceptors (Lipinski definition) is 4. The van der Waals surface area contributed by atoms with Crippen molar-refractivity contribution in [1.29, 1.82) is 0 Å². The molecule has 5 nitrogen and oxygen atoms in total. The van der Waals surface area contributed by atoms with E-state index < -0.39 is 5.92 Å². The Morgan fingerprint density at radius 2 is 1.90 bits per heavy atom. The van der Waals surface area contributed by atoms with Crippen molar-refractivity contribution in [3.05, 3.63) is 66.0 Å². The first-order valence-electron chi connectivity index (χ1n) is 6.06. The van der Waals surface area contributed by atoms with Crippen molar-refractivity contribution < 1.29 is 14.3 Å². The lowest BCUT2D eigenvalue weighted by molar-refractivity contribution is -0.659. The summed E-state index contributed by atoms with van der Waals surface area (Å²) in [5.41, 5.74) is 3.98. The number of halogens is 2. The van der Waals surface area contributed by atoms with E-state index in [4.69, 9.17) is 0 Å². The first-order chi connectivity index (χ1) is 10.1. The van der Waals surface area contributed by atoms with Gasteiger partial charge in [-0.3, -0.25) is 4.79 Å². The number of aromatic nitrogens is 1. The quantitative estimate of drug-likeness (QED) is 0.197. The van der Waals surface area contributed by atoms with Crippen LogP contribution < -0.4 is 10.2 Å². The first-order valence-corrected chi connectivity index (χ1v) is 7.48. The van der Waals surface area contributed by atoms with Gasteiger partial charge in [0, 0.05) is 17.2 Å². The maximum atomic E-state index is 12.4. The molecule has 21 heavy (non-hydrogen) atoms. The molecule has 0 radical (unpaired) electrons. The smallest absolute Gasteiger partial charge is 0.205 e. The summed E-state index contributed by atoms with van der Waals surface area (Å²) >= 11 is 6.27. The van der Waals surface area contributed by atoms with Crippen LogP contribution in [0.2, 0.25) is 0 Å². The summed E-state index contributed by atoms with van der Waals surface area (Å²) in [6.45, 7) is 0. The number of nitrogens with zero attached hydrogens (tertiary/aromatic N) is 2.